The molecule has 1 fully saturated rings. The Morgan fingerprint density at radius 1 is 1.83 bits per heavy atom. The fraction of sp³-hybridized carbons (Fsp3) is 0.875. The second-order valence-electron chi connectivity index (χ2n) is 2.91. The van der Waals surface area contributed by atoms with Gasteiger partial charge in [-0.2, -0.15) is 0 Å². The predicted octanol–water partition coefficient (Wildman–Crippen LogP) is 0.0894. The molecule has 1 heterocycles. The lowest BCUT2D eigenvalue weighted by molar-refractivity contribution is -0.152. The first-order valence-electron chi connectivity index (χ1n) is 4.11. The summed E-state index contributed by atoms with van der Waals surface area (Å²) in [5.74, 6) is -0.578. The van der Waals surface area contributed by atoms with Crippen molar-refractivity contribution in [1.82, 2.24) is 0 Å². The van der Waals surface area contributed by atoms with Crippen molar-refractivity contribution in [3.05, 3.63) is 0 Å². The van der Waals surface area contributed by atoms with Crippen LogP contribution in [0.1, 0.15) is 19.3 Å². The minimum absolute atomic E-state index is 0.0269. The summed E-state index contributed by atoms with van der Waals surface area (Å²) < 4.78 is 9.63. The number of rotatable bonds is 3. The van der Waals surface area contributed by atoms with E-state index in [0.717, 1.165) is 19.4 Å². The predicted molar refractivity (Wildman–Crippen MR) is 41.6 cm³/mol. The van der Waals surface area contributed by atoms with Crippen molar-refractivity contribution < 1.29 is 19.4 Å². The highest BCUT2D eigenvalue weighted by Gasteiger charge is 2.24. The molecule has 0 radical (unpaired) electrons. The molecule has 0 bridgehead atoms. The van der Waals surface area contributed by atoms with E-state index in [0.29, 0.717) is 6.42 Å². The van der Waals surface area contributed by atoms with Crippen LogP contribution >= 0.6 is 0 Å². The van der Waals surface area contributed by atoms with Crippen molar-refractivity contribution in [3.63, 3.8) is 0 Å². The molecule has 1 N–H and O–H groups in total. The number of carbonyl (C=O) groups excluding carboxylic acids is 1. The van der Waals surface area contributed by atoms with Gasteiger partial charge in [-0.15, -0.1) is 0 Å². The number of carbonyl (C=O) groups is 1. The molecule has 4 heteroatoms. The number of hydrogen-bond donors (Lipinski definition) is 1. The van der Waals surface area contributed by atoms with Gasteiger partial charge in [0.1, 0.15) is 0 Å². The molecular formula is C8H14O4. The third-order valence-corrected chi connectivity index (χ3v) is 1.98. The van der Waals surface area contributed by atoms with Gasteiger partial charge in [-0.05, 0) is 12.8 Å². The van der Waals surface area contributed by atoms with Gasteiger partial charge in [0.15, 0.2) is 6.10 Å². The summed E-state index contributed by atoms with van der Waals surface area (Å²) in [6.07, 6.45) is 1.29. The van der Waals surface area contributed by atoms with Crippen molar-refractivity contribution in [2.24, 2.45) is 0 Å². The molecule has 1 aliphatic rings. The Kier molecular flexibility index (Phi) is 3.49. The lowest BCUT2D eigenvalue weighted by Crippen LogP contribution is -2.26. The standard InChI is InChI=1S/C8H14O4/c1-11-8(10)7(9)5-6-3-2-4-12-6/h6-7,9H,2-5H2,1H3/t6-,7+/m0/s1. The molecule has 0 aromatic carbocycles. The molecule has 0 amide bonds. The molecule has 1 rings (SSSR count). The average Bonchev–Trinajstić information content (AvgIpc) is 2.55. The number of hydrogen-bond acceptors (Lipinski definition) is 4. The van der Waals surface area contributed by atoms with Gasteiger partial charge < -0.3 is 14.6 Å². The van der Waals surface area contributed by atoms with Crippen LogP contribution in [0.25, 0.3) is 0 Å². The van der Waals surface area contributed by atoms with Gasteiger partial charge in [-0.1, -0.05) is 0 Å². The van der Waals surface area contributed by atoms with E-state index in [2.05, 4.69) is 4.74 Å². The average molecular weight is 174 g/mol. The number of aliphatic hydroxyl groups excluding tert-OH is 1. The molecule has 70 valence electrons. The first-order chi connectivity index (χ1) is 5.74. The van der Waals surface area contributed by atoms with E-state index in [4.69, 9.17) is 4.74 Å². The minimum atomic E-state index is -1.03. The Morgan fingerprint density at radius 2 is 2.58 bits per heavy atom. The van der Waals surface area contributed by atoms with Crippen molar-refractivity contribution in [3.8, 4) is 0 Å². The molecule has 0 aromatic heterocycles. The lowest BCUT2D eigenvalue weighted by atomic mass is 10.1. The highest BCUT2D eigenvalue weighted by atomic mass is 16.5. The molecule has 0 spiro atoms. The Labute approximate surface area is 71.5 Å². The summed E-state index contributed by atoms with van der Waals surface area (Å²) in [6, 6.07) is 0. The zero-order valence-electron chi connectivity index (χ0n) is 7.16. The monoisotopic (exact) mass is 174 g/mol. The highest BCUT2D eigenvalue weighted by molar-refractivity contribution is 5.74. The molecule has 1 saturated heterocycles. The quantitative estimate of drug-likeness (QED) is 0.616. The first kappa shape index (κ1) is 9.48. The summed E-state index contributed by atoms with van der Waals surface area (Å²) in [5, 5.41) is 9.22. The minimum Gasteiger partial charge on any atom is -0.467 e. The van der Waals surface area contributed by atoms with Crippen LogP contribution < -0.4 is 0 Å². The highest BCUT2D eigenvalue weighted by Crippen LogP contribution is 2.17. The summed E-state index contributed by atoms with van der Waals surface area (Å²) >= 11 is 0. The van der Waals surface area contributed by atoms with Crippen molar-refractivity contribution in [2.45, 2.75) is 31.5 Å². The summed E-state index contributed by atoms with van der Waals surface area (Å²) in [4.78, 5) is 10.8. The topological polar surface area (TPSA) is 55.8 Å². The van der Waals surface area contributed by atoms with E-state index >= 15 is 0 Å². The molecule has 0 aromatic rings. The van der Waals surface area contributed by atoms with Crippen LogP contribution in [0.15, 0.2) is 0 Å². The second kappa shape index (κ2) is 4.42. The van der Waals surface area contributed by atoms with Gasteiger partial charge in [-0.3, -0.25) is 0 Å². The van der Waals surface area contributed by atoms with Gasteiger partial charge in [-0.25, -0.2) is 4.79 Å². The molecule has 2 atom stereocenters. The number of ether oxygens (including phenoxy) is 2. The van der Waals surface area contributed by atoms with Crippen molar-refractivity contribution in [2.75, 3.05) is 13.7 Å². The van der Waals surface area contributed by atoms with Gasteiger partial charge >= 0.3 is 5.97 Å². The maximum atomic E-state index is 10.8. The normalized spacial score (nSPS) is 25.3. The lowest BCUT2D eigenvalue weighted by Gasteiger charge is -2.12. The van der Waals surface area contributed by atoms with Crippen LogP contribution in [0.4, 0.5) is 0 Å². The smallest absolute Gasteiger partial charge is 0.334 e. The van der Waals surface area contributed by atoms with Crippen LogP contribution in [0.5, 0.6) is 0 Å². The maximum Gasteiger partial charge on any atom is 0.334 e. The van der Waals surface area contributed by atoms with Gasteiger partial charge in [0.2, 0.25) is 0 Å². The van der Waals surface area contributed by atoms with Crippen LogP contribution in [0, 0.1) is 0 Å². The van der Waals surface area contributed by atoms with E-state index in [-0.39, 0.29) is 6.10 Å². The number of esters is 1. The van der Waals surface area contributed by atoms with E-state index in [1.807, 2.05) is 0 Å². The summed E-state index contributed by atoms with van der Waals surface area (Å²) in [7, 11) is 1.26. The summed E-state index contributed by atoms with van der Waals surface area (Å²) in [6.45, 7) is 0.735. The Bertz CT molecular complexity index is 151. The molecule has 0 aliphatic carbocycles. The Morgan fingerprint density at radius 3 is 3.08 bits per heavy atom. The van der Waals surface area contributed by atoms with Crippen LogP contribution in [-0.2, 0) is 14.3 Å². The molecular weight excluding hydrogens is 160 g/mol. The number of aliphatic hydroxyl groups is 1. The van der Waals surface area contributed by atoms with Crippen LogP contribution in [0.3, 0.4) is 0 Å². The van der Waals surface area contributed by atoms with E-state index < -0.39 is 12.1 Å². The fourth-order valence-corrected chi connectivity index (χ4v) is 1.31. The SMILES string of the molecule is COC(=O)[C@H](O)C[C@@H]1CCCO1. The van der Waals surface area contributed by atoms with Gasteiger partial charge in [0, 0.05) is 13.0 Å². The first-order valence-corrected chi connectivity index (χ1v) is 4.11. The van der Waals surface area contributed by atoms with Crippen molar-refractivity contribution in [1.29, 1.82) is 0 Å². The molecule has 4 nitrogen and oxygen atoms in total. The van der Waals surface area contributed by atoms with Crippen molar-refractivity contribution >= 4 is 5.97 Å². The van der Waals surface area contributed by atoms with Crippen LogP contribution in [0.2, 0.25) is 0 Å². The fourth-order valence-electron chi connectivity index (χ4n) is 1.31. The molecule has 1 aliphatic heterocycles. The van der Waals surface area contributed by atoms with Gasteiger partial charge in [0.05, 0.1) is 13.2 Å². The zero-order valence-corrected chi connectivity index (χ0v) is 7.16. The van der Waals surface area contributed by atoms with E-state index in [9.17, 15) is 9.90 Å². The van der Waals surface area contributed by atoms with Gasteiger partial charge in [0.25, 0.3) is 0 Å². The molecule has 0 unspecified atom stereocenters. The zero-order chi connectivity index (χ0) is 8.97. The third kappa shape index (κ3) is 2.46. The molecule has 0 saturated carbocycles. The largest absolute Gasteiger partial charge is 0.467 e. The van der Waals surface area contributed by atoms with E-state index in [1.54, 1.807) is 0 Å². The third-order valence-electron chi connectivity index (χ3n) is 1.98. The number of methoxy groups -OCH3 is 1. The summed E-state index contributed by atoms with van der Waals surface area (Å²) in [5.41, 5.74) is 0. The van der Waals surface area contributed by atoms with E-state index in [1.165, 1.54) is 7.11 Å². The molecule has 12 heavy (non-hydrogen) atoms. The van der Waals surface area contributed by atoms with Crippen LogP contribution in [-0.4, -0.2) is 37.0 Å². The second-order valence-corrected chi connectivity index (χ2v) is 2.91. The Hall–Kier alpha value is -0.610. The Balaban J connectivity index is 2.24. The maximum absolute atomic E-state index is 10.8.